The average molecular weight is 323 g/mol. The zero-order chi connectivity index (χ0) is 15.9. The van der Waals surface area contributed by atoms with Gasteiger partial charge < -0.3 is 14.4 Å². The number of benzene rings is 1. The molecule has 0 spiro atoms. The molecule has 0 bridgehead atoms. The minimum atomic E-state index is -0.663. The molecule has 22 heavy (non-hydrogen) atoms. The van der Waals surface area contributed by atoms with Crippen molar-refractivity contribution >= 4 is 11.8 Å². The van der Waals surface area contributed by atoms with Gasteiger partial charge >= 0.3 is 0 Å². The van der Waals surface area contributed by atoms with Gasteiger partial charge in [0.15, 0.2) is 5.16 Å². The van der Waals surface area contributed by atoms with Crippen molar-refractivity contribution in [1.29, 1.82) is 0 Å². The number of aliphatic hydroxyl groups is 1. The third-order valence-electron chi connectivity index (χ3n) is 2.87. The van der Waals surface area contributed by atoms with Crippen molar-refractivity contribution in [2.45, 2.75) is 24.7 Å². The van der Waals surface area contributed by atoms with Crippen LogP contribution in [-0.4, -0.2) is 38.3 Å². The van der Waals surface area contributed by atoms with E-state index in [9.17, 15) is 9.50 Å². The van der Waals surface area contributed by atoms with Crippen molar-refractivity contribution in [3.63, 3.8) is 0 Å². The molecule has 118 valence electrons. The van der Waals surface area contributed by atoms with E-state index in [0.29, 0.717) is 18.0 Å². The normalized spacial score (nSPS) is 12.1. The summed E-state index contributed by atoms with van der Waals surface area (Å²) in [6, 6.07) is 5.69. The molecule has 2 rings (SSSR count). The molecule has 1 atom stereocenters. The molecule has 1 aromatic heterocycles. The molecule has 0 fully saturated rings. The first-order chi connectivity index (χ1) is 10.6. The molecule has 0 aliphatic carbocycles. The third-order valence-corrected chi connectivity index (χ3v) is 3.99. The molecule has 1 N–H and O–H groups in total. The molecule has 1 heterocycles. The van der Waals surface area contributed by atoms with E-state index in [1.807, 2.05) is 11.5 Å². The zero-order valence-corrected chi connectivity index (χ0v) is 13.1. The summed E-state index contributed by atoms with van der Waals surface area (Å²) in [6.07, 6.45) is 1.11. The number of allylic oxidation sites excluding steroid dienone is 1. The number of halogens is 1. The topological polar surface area (TPSA) is 60.2 Å². The lowest BCUT2D eigenvalue weighted by Crippen LogP contribution is -2.20. The largest absolute Gasteiger partial charge is 0.491 e. The molecule has 7 heteroatoms. The Bertz CT molecular complexity index is 616. The van der Waals surface area contributed by atoms with Crippen molar-refractivity contribution in [3.05, 3.63) is 48.6 Å². The third kappa shape index (κ3) is 4.57. The van der Waals surface area contributed by atoms with Gasteiger partial charge in [0.1, 0.15) is 24.0 Å². The number of hydrogen-bond acceptors (Lipinski definition) is 5. The van der Waals surface area contributed by atoms with Crippen LogP contribution in [0.3, 0.4) is 0 Å². The van der Waals surface area contributed by atoms with Crippen LogP contribution in [-0.2, 0) is 6.54 Å². The maximum absolute atomic E-state index is 12.8. The quantitative estimate of drug-likeness (QED) is 0.597. The molecule has 1 unspecified atom stereocenters. The Morgan fingerprint density at radius 2 is 2.14 bits per heavy atom. The van der Waals surface area contributed by atoms with Crippen molar-refractivity contribution in [1.82, 2.24) is 14.8 Å². The number of rotatable bonds is 8. The second-order valence-corrected chi connectivity index (χ2v) is 5.65. The maximum atomic E-state index is 12.8. The van der Waals surface area contributed by atoms with Crippen LogP contribution in [0.15, 0.2) is 42.1 Å². The predicted octanol–water partition coefficient (Wildman–Crippen LogP) is 2.44. The van der Waals surface area contributed by atoms with E-state index in [1.54, 1.807) is 6.08 Å². The van der Waals surface area contributed by atoms with Gasteiger partial charge in [-0.3, -0.25) is 0 Å². The van der Waals surface area contributed by atoms with E-state index < -0.39 is 6.10 Å². The first-order valence-electron chi connectivity index (χ1n) is 6.80. The highest BCUT2D eigenvalue weighted by Gasteiger charge is 2.12. The van der Waals surface area contributed by atoms with Crippen LogP contribution in [0.2, 0.25) is 0 Å². The molecule has 0 aliphatic rings. The summed E-state index contributed by atoms with van der Waals surface area (Å²) in [5.74, 6) is 1.44. The molecule has 0 saturated carbocycles. The fraction of sp³-hybridized carbons (Fsp3) is 0.333. The van der Waals surface area contributed by atoms with Gasteiger partial charge in [0.25, 0.3) is 0 Å². The summed E-state index contributed by atoms with van der Waals surface area (Å²) >= 11 is 1.41. The number of nitrogens with zero attached hydrogens (tertiary/aromatic N) is 3. The van der Waals surface area contributed by atoms with Crippen LogP contribution in [0.1, 0.15) is 5.82 Å². The number of aliphatic hydroxyl groups excluding tert-OH is 1. The van der Waals surface area contributed by atoms with E-state index in [0.717, 1.165) is 11.0 Å². The number of hydrogen-bond donors (Lipinski definition) is 1. The second-order valence-electron chi connectivity index (χ2n) is 4.66. The van der Waals surface area contributed by atoms with Crippen molar-refractivity contribution in [2.75, 3.05) is 12.4 Å². The van der Waals surface area contributed by atoms with Crippen LogP contribution in [0.4, 0.5) is 4.39 Å². The van der Waals surface area contributed by atoms with Crippen LogP contribution >= 0.6 is 11.8 Å². The summed E-state index contributed by atoms with van der Waals surface area (Å²) in [6.45, 7) is 6.33. The van der Waals surface area contributed by atoms with Gasteiger partial charge in [-0.1, -0.05) is 17.8 Å². The molecule has 2 aromatic rings. The lowest BCUT2D eigenvalue weighted by Gasteiger charge is -2.12. The van der Waals surface area contributed by atoms with E-state index in [4.69, 9.17) is 4.74 Å². The van der Waals surface area contributed by atoms with Crippen LogP contribution < -0.4 is 4.74 Å². The fourth-order valence-corrected chi connectivity index (χ4v) is 2.65. The number of aryl methyl sites for hydroxylation is 1. The summed E-state index contributed by atoms with van der Waals surface area (Å²) in [5, 5.41) is 18.8. The summed E-state index contributed by atoms with van der Waals surface area (Å²) in [5.41, 5.74) is 0. The minimum Gasteiger partial charge on any atom is -0.491 e. The van der Waals surface area contributed by atoms with Gasteiger partial charge in [-0.2, -0.15) is 0 Å². The average Bonchev–Trinajstić information content (AvgIpc) is 2.86. The predicted molar refractivity (Wildman–Crippen MR) is 83.6 cm³/mol. The van der Waals surface area contributed by atoms with E-state index in [2.05, 4.69) is 16.8 Å². The van der Waals surface area contributed by atoms with Crippen LogP contribution in [0, 0.1) is 12.7 Å². The maximum Gasteiger partial charge on any atom is 0.191 e. The Morgan fingerprint density at radius 1 is 1.41 bits per heavy atom. The highest BCUT2D eigenvalue weighted by atomic mass is 32.2. The summed E-state index contributed by atoms with van der Waals surface area (Å²) < 4.78 is 20.1. The molecule has 1 aromatic carbocycles. The van der Waals surface area contributed by atoms with Gasteiger partial charge in [0.2, 0.25) is 0 Å². The Balaban J connectivity index is 1.81. The smallest absolute Gasteiger partial charge is 0.191 e. The monoisotopic (exact) mass is 323 g/mol. The first-order valence-corrected chi connectivity index (χ1v) is 7.78. The Hall–Kier alpha value is -1.86. The molecule has 0 amide bonds. The Labute approximate surface area is 132 Å². The van der Waals surface area contributed by atoms with Gasteiger partial charge in [0.05, 0.1) is 6.10 Å². The Kier molecular flexibility index (Phi) is 5.97. The number of aromatic nitrogens is 3. The minimum absolute atomic E-state index is 0.132. The zero-order valence-electron chi connectivity index (χ0n) is 12.3. The molecule has 0 aliphatic heterocycles. The number of thioether (sulfide) groups is 1. The van der Waals surface area contributed by atoms with E-state index >= 15 is 0 Å². The summed E-state index contributed by atoms with van der Waals surface area (Å²) in [7, 11) is 0. The van der Waals surface area contributed by atoms with Gasteiger partial charge in [-0.25, -0.2) is 4.39 Å². The molecule has 0 saturated heterocycles. The van der Waals surface area contributed by atoms with Crippen molar-refractivity contribution in [2.24, 2.45) is 0 Å². The molecular weight excluding hydrogens is 305 g/mol. The van der Waals surface area contributed by atoms with Crippen molar-refractivity contribution < 1.29 is 14.2 Å². The molecule has 5 nitrogen and oxygen atoms in total. The number of ether oxygens (including phenoxy) is 1. The Morgan fingerprint density at radius 3 is 2.82 bits per heavy atom. The SMILES string of the molecule is C=CCn1c(C)nnc1SCC(O)COc1ccc(F)cc1. The highest BCUT2D eigenvalue weighted by Crippen LogP contribution is 2.18. The van der Waals surface area contributed by atoms with Gasteiger partial charge in [-0.15, -0.1) is 16.8 Å². The lowest BCUT2D eigenvalue weighted by molar-refractivity contribution is 0.126. The van der Waals surface area contributed by atoms with Crippen LogP contribution in [0.5, 0.6) is 5.75 Å². The lowest BCUT2D eigenvalue weighted by atomic mass is 10.3. The molecule has 0 radical (unpaired) electrons. The van der Waals surface area contributed by atoms with E-state index in [-0.39, 0.29) is 12.4 Å². The second kappa shape index (κ2) is 7.95. The van der Waals surface area contributed by atoms with Gasteiger partial charge in [-0.05, 0) is 31.2 Å². The highest BCUT2D eigenvalue weighted by molar-refractivity contribution is 7.99. The van der Waals surface area contributed by atoms with Crippen molar-refractivity contribution in [3.8, 4) is 5.75 Å². The van der Waals surface area contributed by atoms with Crippen LogP contribution in [0.25, 0.3) is 0 Å². The van der Waals surface area contributed by atoms with E-state index in [1.165, 1.54) is 36.0 Å². The standard InChI is InChI=1S/C15H18FN3O2S/c1-3-8-19-11(2)17-18-15(19)22-10-13(20)9-21-14-6-4-12(16)5-7-14/h3-7,13,20H,1,8-10H2,2H3. The summed E-state index contributed by atoms with van der Waals surface area (Å²) in [4.78, 5) is 0. The van der Waals surface area contributed by atoms with Gasteiger partial charge in [0, 0.05) is 12.3 Å². The molecular formula is C15H18FN3O2S. The first kappa shape index (κ1) is 16.5. The fourth-order valence-electron chi connectivity index (χ4n) is 1.75.